The molecule has 0 aromatic rings. The number of rotatable bonds is 4. The first-order chi connectivity index (χ1) is 7.90. The lowest BCUT2D eigenvalue weighted by Crippen LogP contribution is -2.49. The molecule has 0 amide bonds. The zero-order chi connectivity index (χ0) is 11.2. The van der Waals surface area contributed by atoms with E-state index in [-0.39, 0.29) is 0 Å². The molecule has 2 saturated heterocycles. The van der Waals surface area contributed by atoms with Crippen LogP contribution in [0, 0.1) is 0 Å². The monoisotopic (exact) mass is 225 g/mol. The fraction of sp³-hybridized carbons (Fsp3) is 1.00. The van der Waals surface area contributed by atoms with Crippen LogP contribution < -0.4 is 5.73 Å². The van der Waals surface area contributed by atoms with Crippen LogP contribution in [0.1, 0.15) is 38.5 Å². The Morgan fingerprint density at radius 3 is 2.44 bits per heavy atom. The SMILES string of the molecule is NCCN1CCCCC1CN1CCCCC1. The normalized spacial score (nSPS) is 29.4. The Morgan fingerprint density at radius 2 is 1.69 bits per heavy atom. The van der Waals surface area contributed by atoms with Crippen molar-refractivity contribution in [3.63, 3.8) is 0 Å². The van der Waals surface area contributed by atoms with E-state index in [4.69, 9.17) is 5.73 Å². The second-order valence-corrected chi connectivity index (χ2v) is 5.34. The van der Waals surface area contributed by atoms with E-state index in [1.165, 1.54) is 64.7 Å². The quantitative estimate of drug-likeness (QED) is 0.782. The highest BCUT2D eigenvalue weighted by atomic mass is 15.2. The van der Waals surface area contributed by atoms with E-state index in [1.807, 2.05) is 0 Å². The summed E-state index contributed by atoms with van der Waals surface area (Å²) in [6.07, 6.45) is 8.42. The highest BCUT2D eigenvalue weighted by Gasteiger charge is 2.24. The maximum Gasteiger partial charge on any atom is 0.0223 e. The van der Waals surface area contributed by atoms with Crippen LogP contribution in [0.25, 0.3) is 0 Å². The first-order valence-corrected chi connectivity index (χ1v) is 7.06. The smallest absolute Gasteiger partial charge is 0.0223 e. The van der Waals surface area contributed by atoms with Crippen LogP contribution in [0.4, 0.5) is 0 Å². The summed E-state index contributed by atoms with van der Waals surface area (Å²) < 4.78 is 0. The largest absolute Gasteiger partial charge is 0.329 e. The first kappa shape index (κ1) is 12.3. The van der Waals surface area contributed by atoms with E-state index in [1.54, 1.807) is 0 Å². The Kier molecular flexibility index (Phi) is 5.07. The van der Waals surface area contributed by atoms with E-state index < -0.39 is 0 Å². The van der Waals surface area contributed by atoms with E-state index in [0.29, 0.717) is 0 Å². The summed E-state index contributed by atoms with van der Waals surface area (Å²) in [7, 11) is 0. The van der Waals surface area contributed by atoms with Crippen LogP contribution in [-0.2, 0) is 0 Å². The van der Waals surface area contributed by atoms with Gasteiger partial charge < -0.3 is 10.6 Å². The van der Waals surface area contributed by atoms with Crippen molar-refractivity contribution >= 4 is 0 Å². The Hall–Kier alpha value is -0.120. The van der Waals surface area contributed by atoms with E-state index in [2.05, 4.69) is 9.80 Å². The molecule has 94 valence electrons. The van der Waals surface area contributed by atoms with E-state index in [9.17, 15) is 0 Å². The van der Waals surface area contributed by atoms with E-state index in [0.717, 1.165) is 19.1 Å². The second kappa shape index (κ2) is 6.58. The molecule has 0 aliphatic carbocycles. The molecular weight excluding hydrogens is 198 g/mol. The summed E-state index contributed by atoms with van der Waals surface area (Å²) in [6.45, 7) is 7.13. The van der Waals surface area contributed by atoms with Crippen molar-refractivity contribution in [3.05, 3.63) is 0 Å². The van der Waals surface area contributed by atoms with Crippen molar-refractivity contribution in [2.75, 3.05) is 39.3 Å². The Morgan fingerprint density at radius 1 is 0.938 bits per heavy atom. The van der Waals surface area contributed by atoms with Crippen LogP contribution in [0.5, 0.6) is 0 Å². The molecule has 3 nitrogen and oxygen atoms in total. The second-order valence-electron chi connectivity index (χ2n) is 5.34. The highest BCUT2D eigenvalue weighted by Crippen LogP contribution is 2.19. The molecule has 0 bridgehead atoms. The fourth-order valence-corrected chi connectivity index (χ4v) is 3.17. The van der Waals surface area contributed by atoms with Crippen molar-refractivity contribution < 1.29 is 0 Å². The topological polar surface area (TPSA) is 32.5 Å². The Balaban J connectivity index is 1.80. The van der Waals surface area contributed by atoms with Crippen LogP contribution in [0.2, 0.25) is 0 Å². The minimum absolute atomic E-state index is 0.787. The minimum Gasteiger partial charge on any atom is -0.329 e. The Labute approximate surface area is 100.0 Å². The molecule has 2 rings (SSSR count). The predicted octanol–water partition coefficient (Wildman–Crippen LogP) is 1.29. The molecule has 2 N–H and O–H groups in total. The average molecular weight is 225 g/mol. The molecule has 0 spiro atoms. The van der Waals surface area contributed by atoms with Crippen molar-refractivity contribution in [1.82, 2.24) is 9.80 Å². The molecule has 0 aromatic heterocycles. The van der Waals surface area contributed by atoms with Crippen LogP contribution in [-0.4, -0.2) is 55.1 Å². The number of nitrogens with two attached hydrogens (primary N) is 1. The number of hydrogen-bond donors (Lipinski definition) is 1. The highest BCUT2D eigenvalue weighted by molar-refractivity contribution is 4.81. The lowest BCUT2D eigenvalue weighted by molar-refractivity contribution is 0.0980. The van der Waals surface area contributed by atoms with Gasteiger partial charge in [-0.25, -0.2) is 0 Å². The molecular formula is C13H27N3. The van der Waals surface area contributed by atoms with Crippen molar-refractivity contribution in [2.45, 2.75) is 44.6 Å². The van der Waals surface area contributed by atoms with Crippen molar-refractivity contribution in [3.8, 4) is 0 Å². The van der Waals surface area contributed by atoms with Crippen LogP contribution in [0.15, 0.2) is 0 Å². The van der Waals surface area contributed by atoms with Crippen molar-refractivity contribution in [2.24, 2.45) is 5.73 Å². The molecule has 2 fully saturated rings. The third-order valence-electron chi connectivity index (χ3n) is 4.08. The summed E-state index contributed by atoms with van der Waals surface area (Å²) in [4.78, 5) is 5.29. The minimum atomic E-state index is 0.787. The zero-order valence-electron chi connectivity index (χ0n) is 10.5. The van der Waals surface area contributed by atoms with E-state index >= 15 is 0 Å². The summed E-state index contributed by atoms with van der Waals surface area (Å²) in [6, 6.07) is 0.787. The van der Waals surface area contributed by atoms with Crippen molar-refractivity contribution in [1.29, 1.82) is 0 Å². The van der Waals surface area contributed by atoms with Gasteiger partial charge in [0.15, 0.2) is 0 Å². The third-order valence-corrected chi connectivity index (χ3v) is 4.08. The Bertz CT molecular complexity index is 188. The lowest BCUT2D eigenvalue weighted by Gasteiger charge is -2.39. The molecule has 2 heterocycles. The van der Waals surface area contributed by atoms with Gasteiger partial charge in [0.1, 0.15) is 0 Å². The van der Waals surface area contributed by atoms with Gasteiger partial charge in [0.05, 0.1) is 0 Å². The predicted molar refractivity (Wildman–Crippen MR) is 68.6 cm³/mol. The van der Waals surface area contributed by atoms with Gasteiger partial charge >= 0.3 is 0 Å². The standard InChI is InChI=1S/C13H27N3/c14-7-11-16-10-5-2-6-13(16)12-15-8-3-1-4-9-15/h13H,1-12,14H2. The van der Waals surface area contributed by atoms with Gasteiger partial charge in [-0.15, -0.1) is 0 Å². The molecule has 0 saturated carbocycles. The summed E-state index contributed by atoms with van der Waals surface area (Å²) in [5.74, 6) is 0. The molecule has 16 heavy (non-hydrogen) atoms. The van der Waals surface area contributed by atoms with Crippen LogP contribution in [0.3, 0.4) is 0 Å². The molecule has 2 aliphatic heterocycles. The summed E-state index contributed by atoms with van der Waals surface area (Å²) in [5, 5.41) is 0. The third kappa shape index (κ3) is 3.44. The molecule has 3 heteroatoms. The zero-order valence-corrected chi connectivity index (χ0v) is 10.5. The summed E-state index contributed by atoms with van der Waals surface area (Å²) in [5.41, 5.74) is 5.70. The molecule has 1 atom stereocenters. The number of nitrogens with zero attached hydrogens (tertiary/aromatic N) is 2. The number of hydrogen-bond acceptors (Lipinski definition) is 3. The molecule has 1 unspecified atom stereocenters. The fourth-order valence-electron chi connectivity index (χ4n) is 3.17. The number of likely N-dealkylation sites (tertiary alicyclic amines) is 2. The van der Waals surface area contributed by atoms with Crippen LogP contribution >= 0.6 is 0 Å². The van der Waals surface area contributed by atoms with Gasteiger partial charge in [0, 0.05) is 25.7 Å². The first-order valence-electron chi connectivity index (χ1n) is 7.06. The molecule has 0 radical (unpaired) electrons. The van der Waals surface area contributed by atoms with Gasteiger partial charge in [0.2, 0.25) is 0 Å². The maximum absolute atomic E-state index is 5.70. The number of piperidine rings is 2. The van der Waals surface area contributed by atoms with Gasteiger partial charge in [-0.2, -0.15) is 0 Å². The lowest BCUT2D eigenvalue weighted by atomic mass is 10.0. The summed E-state index contributed by atoms with van der Waals surface area (Å²) >= 11 is 0. The van der Waals surface area contributed by atoms with Gasteiger partial charge in [0.25, 0.3) is 0 Å². The molecule has 0 aromatic carbocycles. The average Bonchev–Trinajstić information content (AvgIpc) is 2.33. The van der Waals surface area contributed by atoms with Gasteiger partial charge in [-0.1, -0.05) is 12.8 Å². The molecule has 2 aliphatic rings. The van der Waals surface area contributed by atoms with Gasteiger partial charge in [-0.3, -0.25) is 4.90 Å². The van der Waals surface area contributed by atoms with Gasteiger partial charge in [-0.05, 0) is 45.3 Å². The maximum atomic E-state index is 5.70.